The standard InChI is InChI=1S/C14H17NSSe/c1-14(15-11-16)10-6-5-9-13(14)17-12-7-3-2-4-8-12/h2-4,7-8,13H,5-6,9-10H2,1H3/t13-,14-/m0/s1. The van der Waals surface area contributed by atoms with Crippen LogP contribution in [0.3, 0.4) is 0 Å². The molecule has 2 atom stereocenters. The molecule has 17 heavy (non-hydrogen) atoms. The second-order valence-corrected chi connectivity index (χ2v) is 7.59. The fourth-order valence-electron chi connectivity index (χ4n) is 2.37. The first-order valence-corrected chi connectivity index (χ1v) is 8.31. The van der Waals surface area contributed by atoms with Crippen LogP contribution in [0, 0.1) is 0 Å². The van der Waals surface area contributed by atoms with Crippen LogP contribution in [0.15, 0.2) is 35.3 Å². The van der Waals surface area contributed by atoms with E-state index in [2.05, 4.69) is 47.4 Å². The summed E-state index contributed by atoms with van der Waals surface area (Å²) in [6, 6.07) is 10.8. The van der Waals surface area contributed by atoms with Crippen molar-refractivity contribution in [3.8, 4) is 0 Å². The predicted molar refractivity (Wildman–Crippen MR) is 77.5 cm³/mol. The van der Waals surface area contributed by atoms with Crippen LogP contribution in [-0.4, -0.2) is 25.7 Å². The van der Waals surface area contributed by atoms with Crippen LogP contribution in [0.2, 0.25) is 4.82 Å². The molecule has 1 aliphatic carbocycles. The Morgan fingerprint density at radius 1 is 1.35 bits per heavy atom. The molecule has 0 radical (unpaired) electrons. The minimum absolute atomic E-state index is 0.0375. The molecule has 2 rings (SSSR count). The molecule has 1 nitrogen and oxygen atoms in total. The van der Waals surface area contributed by atoms with Crippen LogP contribution in [0.5, 0.6) is 0 Å². The van der Waals surface area contributed by atoms with Crippen molar-refractivity contribution in [2.75, 3.05) is 0 Å². The van der Waals surface area contributed by atoms with Crippen molar-refractivity contribution < 1.29 is 0 Å². The van der Waals surface area contributed by atoms with E-state index < -0.39 is 0 Å². The zero-order valence-corrected chi connectivity index (χ0v) is 12.6. The van der Waals surface area contributed by atoms with Gasteiger partial charge in [-0.1, -0.05) is 0 Å². The summed E-state index contributed by atoms with van der Waals surface area (Å²) in [5.41, 5.74) is 0.0375. The number of hydrogen-bond acceptors (Lipinski definition) is 2. The molecular weight excluding hydrogens is 293 g/mol. The molecule has 90 valence electrons. The molecule has 0 spiro atoms. The second-order valence-electron chi connectivity index (χ2n) is 4.73. The number of isothiocyanates is 1. The van der Waals surface area contributed by atoms with Gasteiger partial charge < -0.3 is 0 Å². The molecule has 0 amide bonds. The second kappa shape index (κ2) is 5.93. The van der Waals surface area contributed by atoms with Gasteiger partial charge in [-0.3, -0.25) is 0 Å². The first-order chi connectivity index (χ1) is 8.24. The third-order valence-electron chi connectivity index (χ3n) is 3.42. The maximum atomic E-state index is 4.81. The Labute approximate surface area is 115 Å². The number of nitrogens with zero attached hydrogens (tertiary/aromatic N) is 1. The van der Waals surface area contributed by atoms with Gasteiger partial charge in [-0.2, -0.15) is 0 Å². The van der Waals surface area contributed by atoms with E-state index in [1.165, 1.54) is 23.7 Å². The fraction of sp³-hybridized carbons (Fsp3) is 0.500. The van der Waals surface area contributed by atoms with Crippen LogP contribution < -0.4 is 4.46 Å². The van der Waals surface area contributed by atoms with Crippen molar-refractivity contribution in [1.82, 2.24) is 0 Å². The minimum atomic E-state index is 0.0375. The Hall–Kier alpha value is -0.461. The Morgan fingerprint density at radius 3 is 2.82 bits per heavy atom. The van der Waals surface area contributed by atoms with E-state index in [1.54, 1.807) is 0 Å². The van der Waals surface area contributed by atoms with Crippen molar-refractivity contribution in [2.24, 2.45) is 4.99 Å². The van der Waals surface area contributed by atoms with Gasteiger partial charge in [0.2, 0.25) is 0 Å². The van der Waals surface area contributed by atoms with Crippen molar-refractivity contribution in [2.45, 2.75) is 43.0 Å². The molecule has 0 aromatic heterocycles. The van der Waals surface area contributed by atoms with Gasteiger partial charge in [0.05, 0.1) is 0 Å². The summed E-state index contributed by atoms with van der Waals surface area (Å²) in [5.74, 6) is 0. The topological polar surface area (TPSA) is 12.4 Å². The summed E-state index contributed by atoms with van der Waals surface area (Å²) in [7, 11) is 0. The summed E-state index contributed by atoms with van der Waals surface area (Å²) in [4.78, 5) is 5.14. The molecule has 0 N–H and O–H groups in total. The van der Waals surface area contributed by atoms with Crippen molar-refractivity contribution in [3.05, 3.63) is 30.3 Å². The van der Waals surface area contributed by atoms with Gasteiger partial charge in [0.1, 0.15) is 0 Å². The first-order valence-electron chi connectivity index (χ1n) is 6.05. The maximum absolute atomic E-state index is 4.81. The predicted octanol–water partition coefficient (Wildman–Crippen LogP) is 3.24. The summed E-state index contributed by atoms with van der Waals surface area (Å²) in [6.07, 6.45) is 5.06. The molecular formula is C14H17NSSe. The Morgan fingerprint density at radius 2 is 2.12 bits per heavy atom. The molecule has 3 heteroatoms. The summed E-state index contributed by atoms with van der Waals surface area (Å²) < 4.78 is 1.47. The summed E-state index contributed by atoms with van der Waals surface area (Å²) >= 11 is 5.30. The van der Waals surface area contributed by atoms with Gasteiger partial charge in [0, 0.05) is 0 Å². The van der Waals surface area contributed by atoms with E-state index in [1.807, 2.05) is 0 Å². The normalized spacial score (nSPS) is 28.4. The van der Waals surface area contributed by atoms with Gasteiger partial charge in [0.25, 0.3) is 0 Å². The zero-order chi connectivity index (χ0) is 12.1. The third-order valence-corrected chi connectivity index (χ3v) is 6.81. The van der Waals surface area contributed by atoms with Crippen LogP contribution in [0.4, 0.5) is 0 Å². The fourth-order valence-corrected chi connectivity index (χ4v) is 5.41. The SMILES string of the molecule is C[C@]1(N=C=S)CCCC[C@@H]1[Se]c1ccccc1. The zero-order valence-electron chi connectivity index (χ0n) is 10.1. The first kappa shape index (κ1) is 13.0. The van der Waals surface area contributed by atoms with Gasteiger partial charge in [-0.25, -0.2) is 0 Å². The monoisotopic (exact) mass is 311 g/mol. The van der Waals surface area contributed by atoms with Crippen molar-refractivity contribution >= 4 is 36.8 Å². The van der Waals surface area contributed by atoms with E-state index in [0.29, 0.717) is 19.8 Å². The van der Waals surface area contributed by atoms with Crippen molar-refractivity contribution in [1.29, 1.82) is 0 Å². The number of hydrogen-bond donors (Lipinski definition) is 0. The average molecular weight is 310 g/mol. The molecule has 1 fully saturated rings. The van der Waals surface area contributed by atoms with E-state index in [4.69, 9.17) is 12.2 Å². The van der Waals surface area contributed by atoms with Crippen LogP contribution in [-0.2, 0) is 0 Å². The Bertz CT molecular complexity index is 413. The van der Waals surface area contributed by atoms with Crippen molar-refractivity contribution in [3.63, 3.8) is 0 Å². The van der Waals surface area contributed by atoms with E-state index >= 15 is 0 Å². The molecule has 0 bridgehead atoms. The van der Waals surface area contributed by atoms with Gasteiger partial charge in [-0.05, 0) is 0 Å². The summed E-state index contributed by atoms with van der Waals surface area (Å²) in [6.45, 7) is 2.25. The van der Waals surface area contributed by atoms with Gasteiger partial charge in [-0.15, -0.1) is 0 Å². The summed E-state index contributed by atoms with van der Waals surface area (Å²) in [5, 5.41) is 2.61. The molecule has 1 saturated carbocycles. The molecule has 0 heterocycles. The number of benzene rings is 1. The average Bonchev–Trinajstić information content (AvgIpc) is 2.34. The molecule has 0 aliphatic heterocycles. The third kappa shape index (κ3) is 3.26. The molecule has 1 aromatic carbocycles. The van der Waals surface area contributed by atoms with Crippen LogP contribution >= 0.6 is 12.2 Å². The number of thiocarbonyl (C=S) groups is 1. The molecule has 1 aliphatic rings. The molecule has 1 aromatic rings. The van der Waals surface area contributed by atoms with Gasteiger partial charge >= 0.3 is 115 Å². The quantitative estimate of drug-likeness (QED) is 0.474. The van der Waals surface area contributed by atoms with Gasteiger partial charge in [0.15, 0.2) is 0 Å². The van der Waals surface area contributed by atoms with E-state index in [0.717, 1.165) is 6.42 Å². The molecule has 0 saturated heterocycles. The van der Waals surface area contributed by atoms with Crippen LogP contribution in [0.1, 0.15) is 32.6 Å². The van der Waals surface area contributed by atoms with Crippen LogP contribution in [0.25, 0.3) is 0 Å². The van der Waals surface area contributed by atoms with E-state index in [9.17, 15) is 0 Å². The Kier molecular flexibility index (Phi) is 4.53. The number of rotatable bonds is 3. The number of aliphatic imine (C=N–C) groups is 1. The Balaban J connectivity index is 2.15. The van der Waals surface area contributed by atoms with E-state index in [-0.39, 0.29) is 5.54 Å². The molecule has 0 unspecified atom stereocenters.